The number of rotatable bonds is 5. The van der Waals surface area contributed by atoms with E-state index in [1.54, 1.807) is 0 Å². The summed E-state index contributed by atoms with van der Waals surface area (Å²) < 4.78 is 6.42. The standard InChI is InChI=1S/C29H29N5O/c1-2-6-19(7-3-1)14-15-34-22-11-12-23(34)17-21(16-22)28-24-8-4-5-9-26(24)35-27-18-20(10-13-25(27)28)29-30-32-33-31-29/h1-10,13,18,21-23,28H,11-12,14-17H2,(H,30,31,32,33). The predicted octanol–water partition coefficient (Wildman–Crippen LogP) is 5.59. The lowest BCUT2D eigenvalue weighted by molar-refractivity contribution is 0.0972. The van der Waals surface area contributed by atoms with Crippen molar-refractivity contribution in [3.05, 3.63) is 89.5 Å². The molecule has 1 aromatic heterocycles. The van der Waals surface area contributed by atoms with Crippen LogP contribution in [0.25, 0.3) is 11.4 Å². The maximum absolute atomic E-state index is 6.42. The van der Waals surface area contributed by atoms with Crippen molar-refractivity contribution in [2.24, 2.45) is 5.92 Å². The molecule has 3 aliphatic heterocycles. The molecule has 0 spiro atoms. The van der Waals surface area contributed by atoms with Gasteiger partial charge in [0, 0.05) is 41.2 Å². The highest BCUT2D eigenvalue weighted by atomic mass is 16.5. The molecule has 2 bridgehead atoms. The molecule has 6 heteroatoms. The number of hydrogen-bond donors (Lipinski definition) is 1. The smallest absolute Gasteiger partial charge is 0.204 e. The van der Waals surface area contributed by atoms with Crippen LogP contribution in [0.4, 0.5) is 0 Å². The first-order chi connectivity index (χ1) is 17.3. The molecule has 176 valence electrons. The zero-order valence-corrected chi connectivity index (χ0v) is 19.7. The lowest BCUT2D eigenvalue weighted by Crippen LogP contribution is -2.45. The van der Waals surface area contributed by atoms with Crippen LogP contribution in [0.2, 0.25) is 0 Å². The average molecular weight is 464 g/mol. The van der Waals surface area contributed by atoms with Gasteiger partial charge in [0.05, 0.1) is 0 Å². The molecule has 3 atom stereocenters. The first-order valence-electron chi connectivity index (χ1n) is 12.8. The van der Waals surface area contributed by atoms with Gasteiger partial charge in [0.25, 0.3) is 0 Å². The summed E-state index contributed by atoms with van der Waals surface area (Å²) in [7, 11) is 0. The van der Waals surface area contributed by atoms with E-state index in [4.69, 9.17) is 4.74 Å². The molecule has 0 saturated carbocycles. The molecule has 2 saturated heterocycles. The molecule has 3 aromatic carbocycles. The van der Waals surface area contributed by atoms with Gasteiger partial charge in [-0.3, -0.25) is 4.90 Å². The fraction of sp³-hybridized carbons (Fsp3) is 0.345. The molecule has 3 unspecified atom stereocenters. The van der Waals surface area contributed by atoms with Crippen LogP contribution in [0.15, 0.2) is 72.8 Å². The molecule has 3 aliphatic rings. The summed E-state index contributed by atoms with van der Waals surface area (Å²) in [6, 6.07) is 27.3. The third-order valence-electron chi connectivity index (χ3n) is 8.32. The van der Waals surface area contributed by atoms with E-state index in [9.17, 15) is 0 Å². The van der Waals surface area contributed by atoms with Crippen molar-refractivity contribution in [1.82, 2.24) is 25.5 Å². The van der Waals surface area contributed by atoms with E-state index in [1.165, 1.54) is 48.9 Å². The minimum absolute atomic E-state index is 0.355. The maximum Gasteiger partial charge on any atom is 0.204 e. The average Bonchev–Trinajstić information content (AvgIpc) is 3.52. The summed E-state index contributed by atoms with van der Waals surface area (Å²) in [6.45, 7) is 1.17. The zero-order chi connectivity index (χ0) is 23.2. The SMILES string of the molecule is c1ccc(CCN2C3CCC2CC(C2c4ccccc4Oc4cc(-c5nn[nH]n5)ccc42)C3)cc1. The molecule has 0 aliphatic carbocycles. The molecular weight excluding hydrogens is 434 g/mol. The molecule has 4 heterocycles. The van der Waals surface area contributed by atoms with Crippen LogP contribution in [0.5, 0.6) is 11.5 Å². The summed E-state index contributed by atoms with van der Waals surface area (Å²) in [4.78, 5) is 2.81. The summed E-state index contributed by atoms with van der Waals surface area (Å²) >= 11 is 0. The van der Waals surface area contributed by atoms with Crippen LogP contribution in [0.1, 0.15) is 48.3 Å². The second kappa shape index (κ2) is 8.61. The van der Waals surface area contributed by atoms with Gasteiger partial charge in [-0.15, -0.1) is 10.2 Å². The minimum Gasteiger partial charge on any atom is -0.457 e. The van der Waals surface area contributed by atoms with Gasteiger partial charge in [-0.1, -0.05) is 60.7 Å². The fourth-order valence-corrected chi connectivity index (χ4v) is 6.78. The van der Waals surface area contributed by atoms with Gasteiger partial charge >= 0.3 is 0 Å². The van der Waals surface area contributed by atoms with Gasteiger partial charge in [0.2, 0.25) is 5.82 Å². The van der Waals surface area contributed by atoms with Crippen molar-refractivity contribution in [2.45, 2.75) is 50.1 Å². The van der Waals surface area contributed by atoms with Gasteiger partial charge in [-0.2, -0.15) is 5.21 Å². The van der Waals surface area contributed by atoms with Crippen molar-refractivity contribution in [1.29, 1.82) is 0 Å². The number of para-hydroxylation sites is 1. The molecule has 2 fully saturated rings. The number of aromatic nitrogens is 4. The van der Waals surface area contributed by atoms with Crippen molar-refractivity contribution >= 4 is 0 Å². The number of ether oxygens (including phenoxy) is 1. The molecule has 7 rings (SSSR count). The number of hydrogen-bond acceptors (Lipinski definition) is 5. The second-order valence-electron chi connectivity index (χ2n) is 10.2. The van der Waals surface area contributed by atoms with E-state index in [2.05, 4.69) is 98.3 Å². The first kappa shape index (κ1) is 20.8. The van der Waals surface area contributed by atoms with Crippen LogP contribution >= 0.6 is 0 Å². The van der Waals surface area contributed by atoms with E-state index in [0.717, 1.165) is 23.5 Å². The van der Waals surface area contributed by atoms with Crippen LogP contribution in [-0.2, 0) is 6.42 Å². The third kappa shape index (κ3) is 3.73. The zero-order valence-electron chi connectivity index (χ0n) is 19.7. The van der Waals surface area contributed by atoms with Crippen LogP contribution in [-0.4, -0.2) is 44.2 Å². The highest BCUT2D eigenvalue weighted by Gasteiger charge is 2.45. The Morgan fingerprint density at radius 2 is 1.63 bits per heavy atom. The Labute approximate surface area is 205 Å². The van der Waals surface area contributed by atoms with Gasteiger partial charge < -0.3 is 4.74 Å². The van der Waals surface area contributed by atoms with Crippen LogP contribution < -0.4 is 4.74 Å². The monoisotopic (exact) mass is 463 g/mol. The van der Waals surface area contributed by atoms with E-state index in [-0.39, 0.29) is 0 Å². The largest absolute Gasteiger partial charge is 0.457 e. The molecule has 0 amide bonds. The molecular formula is C29H29N5O. The number of aromatic amines is 1. The fourth-order valence-electron chi connectivity index (χ4n) is 6.78. The lowest BCUT2D eigenvalue weighted by atomic mass is 9.72. The highest BCUT2D eigenvalue weighted by Crippen LogP contribution is 2.53. The van der Waals surface area contributed by atoms with Gasteiger partial charge in [-0.05, 0) is 60.9 Å². The number of benzene rings is 3. The van der Waals surface area contributed by atoms with Gasteiger partial charge in [0.1, 0.15) is 11.5 Å². The Morgan fingerprint density at radius 3 is 2.43 bits per heavy atom. The molecule has 4 aromatic rings. The van der Waals surface area contributed by atoms with E-state index in [1.807, 2.05) is 0 Å². The summed E-state index contributed by atoms with van der Waals surface area (Å²) in [5.74, 6) is 3.47. The number of piperidine rings is 1. The Morgan fingerprint density at radius 1 is 0.857 bits per heavy atom. The number of fused-ring (bicyclic) bond motifs is 4. The Bertz CT molecular complexity index is 1310. The molecule has 1 N–H and O–H groups in total. The van der Waals surface area contributed by atoms with Crippen molar-refractivity contribution < 1.29 is 4.74 Å². The number of H-pyrrole nitrogens is 1. The number of nitrogens with zero attached hydrogens (tertiary/aromatic N) is 4. The first-order valence-corrected chi connectivity index (χ1v) is 12.8. The van der Waals surface area contributed by atoms with Crippen LogP contribution in [0, 0.1) is 5.92 Å². The van der Waals surface area contributed by atoms with Crippen molar-refractivity contribution in [3.63, 3.8) is 0 Å². The third-order valence-corrected chi connectivity index (χ3v) is 8.32. The van der Waals surface area contributed by atoms with Gasteiger partial charge in [-0.25, -0.2) is 0 Å². The molecule has 0 radical (unpaired) electrons. The minimum atomic E-state index is 0.355. The van der Waals surface area contributed by atoms with E-state index < -0.39 is 0 Å². The topological polar surface area (TPSA) is 66.9 Å². The number of nitrogens with one attached hydrogen (secondary N) is 1. The lowest BCUT2D eigenvalue weighted by Gasteiger charge is -2.43. The van der Waals surface area contributed by atoms with Crippen molar-refractivity contribution in [2.75, 3.05) is 6.54 Å². The quantitative estimate of drug-likeness (QED) is 0.418. The Balaban J connectivity index is 1.18. The second-order valence-corrected chi connectivity index (χ2v) is 10.2. The summed E-state index contributed by atoms with van der Waals surface area (Å²) in [5, 5.41) is 14.6. The highest BCUT2D eigenvalue weighted by molar-refractivity contribution is 5.63. The van der Waals surface area contributed by atoms with E-state index in [0.29, 0.717) is 29.7 Å². The molecule has 6 nitrogen and oxygen atoms in total. The normalized spacial score (nSPS) is 25.0. The van der Waals surface area contributed by atoms with Crippen molar-refractivity contribution in [3.8, 4) is 22.9 Å². The van der Waals surface area contributed by atoms with E-state index >= 15 is 0 Å². The maximum atomic E-state index is 6.42. The summed E-state index contributed by atoms with van der Waals surface area (Å²) in [5.41, 5.74) is 4.98. The molecule has 35 heavy (non-hydrogen) atoms. The summed E-state index contributed by atoms with van der Waals surface area (Å²) in [6.07, 6.45) is 6.28. The predicted molar refractivity (Wildman–Crippen MR) is 134 cm³/mol. The number of tetrazole rings is 1. The van der Waals surface area contributed by atoms with Gasteiger partial charge in [0.15, 0.2) is 0 Å². The van der Waals surface area contributed by atoms with Crippen LogP contribution in [0.3, 0.4) is 0 Å². The Hall–Kier alpha value is -3.51. The Kier molecular flexibility index (Phi) is 5.12.